The lowest BCUT2D eigenvalue weighted by atomic mass is 9.90. The Morgan fingerprint density at radius 1 is 1.65 bits per heavy atom. The molecule has 6 nitrogen and oxygen atoms in total. The lowest BCUT2D eigenvalue weighted by molar-refractivity contribution is -0.0715. The second kappa shape index (κ2) is 4.47. The van der Waals surface area contributed by atoms with Gasteiger partial charge in [0.25, 0.3) is 0 Å². The zero-order valence-electron chi connectivity index (χ0n) is 11.2. The summed E-state index contributed by atoms with van der Waals surface area (Å²) in [7, 11) is 0. The highest BCUT2D eigenvalue weighted by Gasteiger charge is 2.45. The molecule has 0 spiro atoms. The van der Waals surface area contributed by atoms with E-state index in [0.29, 0.717) is 17.9 Å². The quantitative estimate of drug-likeness (QED) is 0.794. The van der Waals surface area contributed by atoms with Crippen LogP contribution in [0.3, 0.4) is 0 Å². The highest BCUT2D eigenvalue weighted by molar-refractivity contribution is 5.86. The number of nitrogens with two attached hydrogens (primary N) is 1. The zero-order valence-corrected chi connectivity index (χ0v) is 11.2. The average Bonchev–Trinajstić information content (AvgIpc) is 3.01. The van der Waals surface area contributed by atoms with Gasteiger partial charge >= 0.3 is 0 Å². The molecular formula is C14H16N4O2. The van der Waals surface area contributed by atoms with Crippen molar-refractivity contribution in [2.75, 3.05) is 12.3 Å². The zero-order chi connectivity index (χ0) is 14.3. The molecule has 6 heteroatoms. The van der Waals surface area contributed by atoms with Crippen molar-refractivity contribution in [1.82, 2.24) is 14.5 Å². The number of hydrogen-bond donors (Lipinski definition) is 2. The van der Waals surface area contributed by atoms with E-state index in [1.165, 1.54) is 6.33 Å². The van der Waals surface area contributed by atoms with Crippen LogP contribution in [-0.2, 0) is 4.74 Å². The Labute approximate surface area is 116 Å². The molecule has 1 fully saturated rings. The second-order valence-electron chi connectivity index (χ2n) is 5.12. The number of nitrogen functional groups attached to an aromatic ring is 1. The molecule has 3 heterocycles. The molecule has 1 aliphatic rings. The maximum atomic E-state index is 9.54. The van der Waals surface area contributed by atoms with Gasteiger partial charge in [-0.2, -0.15) is 0 Å². The number of aliphatic hydroxyl groups is 1. The normalized spacial score (nSPS) is 29.6. The minimum absolute atomic E-state index is 0.0548. The number of ether oxygens (including phenoxy) is 1. The molecule has 0 aliphatic carbocycles. The monoisotopic (exact) mass is 272 g/mol. The van der Waals surface area contributed by atoms with E-state index >= 15 is 0 Å². The van der Waals surface area contributed by atoms with Gasteiger partial charge in [0.15, 0.2) is 5.60 Å². The van der Waals surface area contributed by atoms with Crippen molar-refractivity contribution in [3.63, 3.8) is 0 Å². The predicted molar refractivity (Wildman–Crippen MR) is 74.5 cm³/mol. The van der Waals surface area contributed by atoms with Gasteiger partial charge in [-0.3, -0.25) is 0 Å². The Morgan fingerprint density at radius 3 is 3.10 bits per heavy atom. The third kappa shape index (κ3) is 1.68. The molecule has 3 rings (SSSR count). The molecule has 0 bridgehead atoms. The van der Waals surface area contributed by atoms with Crippen LogP contribution in [0.25, 0.3) is 11.0 Å². The number of anilines is 1. The average molecular weight is 272 g/mol. The molecule has 0 unspecified atom stereocenters. The van der Waals surface area contributed by atoms with E-state index in [-0.39, 0.29) is 18.8 Å². The van der Waals surface area contributed by atoms with Gasteiger partial charge in [0, 0.05) is 12.1 Å². The van der Waals surface area contributed by atoms with Crippen molar-refractivity contribution in [2.24, 2.45) is 5.92 Å². The molecular weight excluding hydrogens is 256 g/mol. The number of terminal acetylenes is 1. The van der Waals surface area contributed by atoms with E-state index in [4.69, 9.17) is 16.9 Å². The van der Waals surface area contributed by atoms with E-state index < -0.39 is 5.60 Å². The summed E-state index contributed by atoms with van der Waals surface area (Å²) in [4.78, 5) is 8.21. The van der Waals surface area contributed by atoms with Crippen molar-refractivity contribution < 1.29 is 9.84 Å². The van der Waals surface area contributed by atoms with Crippen LogP contribution in [0.4, 0.5) is 5.82 Å². The van der Waals surface area contributed by atoms with Crippen molar-refractivity contribution in [3.8, 4) is 12.3 Å². The summed E-state index contributed by atoms with van der Waals surface area (Å²) >= 11 is 0. The third-order valence-corrected chi connectivity index (χ3v) is 4.03. The fraction of sp³-hybridized carbons (Fsp3) is 0.429. The summed E-state index contributed by atoms with van der Waals surface area (Å²) in [6, 6.07) is 1.85. The topological polar surface area (TPSA) is 86.2 Å². The molecule has 0 amide bonds. The summed E-state index contributed by atoms with van der Waals surface area (Å²) in [6.45, 7) is 1.78. The molecule has 0 radical (unpaired) electrons. The number of fused-ring (bicyclic) bond motifs is 1. The van der Waals surface area contributed by atoms with E-state index in [1.807, 2.05) is 23.8 Å². The maximum Gasteiger partial charge on any atom is 0.156 e. The number of aromatic nitrogens is 3. The predicted octanol–water partition coefficient (Wildman–Crippen LogP) is 0.933. The Balaban J connectivity index is 2.02. The molecule has 104 valence electrons. The third-order valence-electron chi connectivity index (χ3n) is 4.03. The second-order valence-corrected chi connectivity index (χ2v) is 5.12. The molecule has 1 aliphatic heterocycles. The fourth-order valence-corrected chi connectivity index (χ4v) is 2.71. The minimum Gasteiger partial charge on any atom is -0.392 e. The Hall–Kier alpha value is -2.10. The largest absolute Gasteiger partial charge is 0.392 e. The minimum atomic E-state index is -0.931. The molecule has 0 aromatic carbocycles. The summed E-state index contributed by atoms with van der Waals surface area (Å²) in [6.07, 6.45) is 9.26. The number of rotatable bonds is 2. The van der Waals surface area contributed by atoms with E-state index in [9.17, 15) is 5.11 Å². The molecule has 2 aromatic heterocycles. The Morgan fingerprint density at radius 2 is 2.45 bits per heavy atom. The van der Waals surface area contributed by atoms with Gasteiger partial charge in [-0.25, -0.2) is 9.97 Å². The first kappa shape index (κ1) is 12.9. The molecule has 2 aromatic rings. The highest BCUT2D eigenvalue weighted by Crippen LogP contribution is 2.41. The van der Waals surface area contributed by atoms with Gasteiger partial charge < -0.3 is 20.1 Å². The van der Waals surface area contributed by atoms with Crippen LogP contribution >= 0.6 is 0 Å². The van der Waals surface area contributed by atoms with E-state index in [1.54, 1.807) is 0 Å². The van der Waals surface area contributed by atoms with Crippen LogP contribution in [0.2, 0.25) is 0 Å². The summed E-state index contributed by atoms with van der Waals surface area (Å²) in [5.41, 5.74) is 5.60. The Bertz CT molecular complexity index is 690. The molecule has 0 saturated carbocycles. The van der Waals surface area contributed by atoms with E-state index in [0.717, 1.165) is 5.39 Å². The van der Waals surface area contributed by atoms with Gasteiger partial charge in [-0.05, 0) is 12.5 Å². The first-order valence-electron chi connectivity index (χ1n) is 6.45. The summed E-state index contributed by atoms with van der Waals surface area (Å²) in [5.74, 6) is 3.08. The molecule has 1 saturated heterocycles. The van der Waals surface area contributed by atoms with Crippen LogP contribution < -0.4 is 5.73 Å². The molecule has 3 atom stereocenters. The van der Waals surface area contributed by atoms with Crippen LogP contribution in [0, 0.1) is 18.3 Å². The van der Waals surface area contributed by atoms with Gasteiger partial charge in [0.05, 0.1) is 12.0 Å². The number of aliphatic hydroxyl groups excluding tert-OH is 1. The van der Waals surface area contributed by atoms with Crippen LogP contribution in [0.5, 0.6) is 0 Å². The SMILES string of the molecule is C#C[C@]1(CO)O[C@@H](n2ccc3c(N)ncnc32)C[C@@H]1C. The smallest absolute Gasteiger partial charge is 0.156 e. The lowest BCUT2D eigenvalue weighted by Crippen LogP contribution is -2.36. The standard InChI is InChI=1S/C14H16N4O2/c1-3-14(7-19)9(2)6-11(20-14)18-5-4-10-12(15)16-8-17-13(10)18/h1,4-5,8-9,11,19H,6-7H2,2H3,(H2,15,16,17)/t9-,11+,14+/m0/s1. The van der Waals surface area contributed by atoms with Crippen LogP contribution in [0.15, 0.2) is 18.6 Å². The lowest BCUT2D eigenvalue weighted by Gasteiger charge is -2.24. The van der Waals surface area contributed by atoms with Gasteiger partial charge in [-0.1, -0.05) is 12.8 Å². The summed E-state index contributed by atoms with van der Waals surface area (Å²) in [5, 5.41) is 10.3. The van der Waals surface area contributed by atoms with Gasteiger partial charge in [-0.15, -0.1) is 6.42 Å². The first-order valence-corrected chi connectivity index (χ1v) is 6.45. The van der Waals surface area contributed by atoms with Crippen molar-refractivity contribution in [2.45, 2.75) is 25.2 Å². The fourth-order valence-electron chi connectivity index (χ4n) is 2.71. The number of hydrogen-bond acceptors (Lipinski definition) is 5. The molecule has 20 heavy (non-hydrogen) atoms. The Kier molecular flexibility index (Phi) is 2.89. The van der Waals surface area contributed by atoms with Crippen molar-refractivity contribution in [3.05, 3.63) is 18.6 Å². The molecule has 3 N–H and O–H groups in total. The number of nitrogens with zero attached hydrogens (tertiary/aromatic N) is 3. The van der Waals surface area contributed by atoms with Crippen molar-refractivity contribution >= 4 is 16.9 Å². The van der Waals surface area contributed by atoms with E-state index in [2.05, 4.69) is 15.9 Å². The van der Waals surface area contributed by atoms with Crippen molar-refractivity contribution in [1.29, 1.82) is 0 Å². The maximum absolute atomic E-state index is 9.54. The van der Waals surface area contributed by atoms with Gasteiger partial charge in [0.2, 0.25) is 0 Å². The summed E-state index contributed by atoms with van der Waals surface area (Å²) < 4.78 is 7.82. The van der Waals surface area contributed by atoms with Crippen LogP contribution in [-0.4, -0.2) is 31.8 Å². The van der Waals surface area contributed by atoms with Gasteiger partial charge in [0.1, 0.15) is 24.0 Å². The highest BCUT2D eigenvalue weighted by atomic mass is 16.5. The first-order chi connectivity index (χ1) is 9.61. The van der Waals surface area contributed by atoms with Crippen LogP contribution in [0.1, 0.15) is 19.6 Å².